The third kappa shape index (κ3) is 4.83. The quantitative estimate of drug-likeness (QED) is 0.264. The lowest BCUT2D eigenvalue weighted by atomic mass is 9.99. The van der Waals surface area contributed by atoms with Gasteiger partial charge in [0.15, 0.2) is 6.04 Å². The number of β-lactam (4-membered cyclic amide) rings is 1. The van der Waals surface area contributed by atoms with Crippen LogP contribution in [0, 0.1) is 10.1 Å². The van der Waals surface area contributed by atoms with E-state index in [-0.39, 0.29) is 30.4 Å². The number of benzene rings is 2. The van der Waals surface area contributed by atoms with Crippen molar-refractivity contribution in [2.45, 2.75) is 36.6 Å². The molecule has 10 nitrogen and oxygen atoms in total. The Morgan fingerprint density at radius 1 is 1.15 bits per heavy atom. The molecule has 0 saturated carbocycles. The van der Waals surface area contributed by atoms with Crippen LogP contribution in [0.1, 0.15) is 11.1 Å². The predicted molar refractivity (Wildman–Crippen MR) is 118 cm³/mol. The monoisotopic (exact) mass is 471 g/mol. The lowest BCUT2D eigenvalue weighted by Crippen LogP contribution is -2.76. The number of esters is 1. The number of nitro benzene ring substituents is 1. The predicted octanol–water partition coefficient (Wildman–Crippen LogP) is 1.01. The number of nitrogens with zero attached hydrogens (tertiary/aromatic N) is 2. The molecule has 2 aromatic rings. The number of non-ortho nitro benzene ring substituents is 1. The molecule has 2 aliphatic rings. The summed E-state index contributed by atoms with van der Waals surface area (Å²) in [6.45, 7) is -0.156. The molecular formula is C22H21N3O7S. The fourth-order valence-corrected chi connectivity index (χ4v) is 5.14. The van der Waals surface area contributed by atoms with E-state index < -0.39 is 40.4 Å². The standard InChI is InChI=1S/C22H21N3O7S/c26-16-12-33-21-18(23-17(27)10-13-4-2-1-3-5-13)20(28)24(21)19(16)22(29)32-11-14-6-8-15(9-7-14)25(30)31/h1-9,16,18-19,21,26H,10-12H2,(H,23,27)/t16?,18-,19?,21-/m1/s1. The van der Waals surface area contributed by atoms with E-state index in [1.54, 1.807) is 0 Å². The first kappa shape index (κ1) is 22.7. The lowest BCUT2D eigenvalue weighted by molar-refractivity contribution is -0.384. The molecule has 0 radical (unpaired) electrons. The largest absolute Gasteiger partial charge is 0.459 e. The van der Waals surface area contributed by atoms with Crippen LogP contribution in [-0.4, -0.2) is 62.0 Å². The molecule has 2 fully saturated rings. The fraction of sp³-hybridized carbons (Fsp3) is 0.318. The van der Waals surface area contributed by atoms with Gasteiger partial charge in [0.25, 0.3) is 5.69 Å². The second-order valence-electron chi connectivity index (χ2n) is 7.72. The molecule has 4 rings (SSSR count). The van der Waals surface area contributed by atoms with E-state index in [9.17, 15) is 29.6 Å². The summed E-state index contributed by atoms with van der Waals surface area (Å²) in [5.41, 5.74) is 1.27. The van der Waals surface area contributed by atoms with Crippen molar-refractivity contribution in [3.05, 3.63) is 75.8 Å². The molecule has 0 spiro atoms. The Hall–Kier alpha value is -3.44. The normalized spacial score (nSPS) is 23.8. The SMILES string of the molecule is O=C(Cc1ccccc1)N[C@@H]1C(=O)N2C(C(=O)OCc3ccc([N+](=O)[O-])cc3)C(O)CS[C@H]12. The fourth-order valence-electron chi connectivity index (χ4n) is 3.80. The number of hydrogen-bond donors (Lipinski definition) is 2. The maximum atomic E-state index is 12.7. The van der Waals surface area contributed by atoms with Crippen molar-refractivity contribution < 1.29 is 29.2 Å². The van der Waals surface area contributed by atoms with Crippen LogP contribution in [0.4, 0.5) is 5.69 Å². The summed E-state index contributed by atoms with van der Waals surface area (Å²) in [6, 6.07) is 12.7. The van der Waals surface area contributed by atoms with Gasteiger partial charge in [-0.1, -0.05) is 30.3 Å². The number of hydrogen-bond acceptors (Lipinski definition) is 8. The van der Waals surface area contributed by atoms with E-state index >= 15 is 0 Å². The number of rotatable bonds is 7. The summed E-state index contributed by atoms with van der Waals surface area (Å²) in [4.78, 5) is 49.2. The average Bonchev–Trinajstić information content (AvgIpc) is 2.81. The zero-order chi connectivity index (χ0) is 23.5. The number of aliphatic hydroxyl groups is 1. The zero-order valence-electron chi connectivity index (χ0n) is 17.3. The smallest absolute Gasteiger partial charge is 0.331 e. The maximum absolute atomic E-state index is 12.7. The van der Waals surface area contributed by atoms with Gasteiger partial charge in [0, 0.05) is 17.9 Å². The van der Waals surface area contributed by atoms with Gasteiger partial charge in [-0.3, -0.25) is 19.7 Å². The van der Waals surface area contributed by atoms with Gasteiger partial charge in [0.05, 0.1) is 17.4 Å². The van der Waals surface area contributed by atoms with E-state index in [1.807, 2.05) is 30.3 Å². The zero-order valence-corrected chi connectivity index (χ0v) is 18.1. The van der Waals surface area contributed by atoms with Crippen molar-refractivity contribution in [3.8, 4) is 0 Å². The van der Waals surface area contributed by atoms with Crippen LogP contribution in [0.2, 0.25) is 0 Å². The van der Waals surface area contributed by atoms with Gasteiger partial charge < -0.3 is 20.1 Å². The highest BCUT2D eigenvalue weighted by molar-refractivity contribution is 8.00. The van der Waals surface area contributed by atoms with Gasteiger partial charge in [0.1, 0.15) is 18.0 Å². The molecule has 2 heterocycles. The Kier molecular flexibility index (Phi) is 6.61. The molecular weight excluding hydrogens is 450 g/mol. The van der Waals surface area contributed by atoms with Gasteiger partial charge in [-0.25, -0.2) is 4.79 Å². The third-order valence-corrected chi connectivity index (χ3v) is 6.85. The second kappa shape index (κ2) is 9.59. The first-order chi connectivity index (χ1) is 15.8. The van der Waals surface area contributed by atoms with Crippen molar-refractivity contribution in [3.63, 3.8) is 0 Å². The highest BCUT2D eigenvalue weighted by Crippen LogP contribution is 2.38. The Labute approximate surface area is 193 Å². The van der Waals surface area contributed by atoms with E-state index in [1.165, 1.54) is 40.9 Å². The molecule has 4 atom stereocenters. The Bertz CT molecular complexity index is 1060. The minimum absolute atomic E-state index is 0.0841. The molecule has 33 heavy (non-hydrogen) atoms. The maximum Gasteiger partial charge on any atom is 0.331 e. The van der Waals surface area contributed by atoms with Crippen LogP contribution < -0.4 is 5.32 Å². The summed E-state index contributed by atoms with van der Waals surface area (Å²) in [6.07, 6.45) is -0.980. The average molecular weight is 471 g/mol. The minimum Gasteiger partial charge on any atom is -0.459 e. The molecule has 2 N–H and O–H groups in total. The molecule has 2 unspecified atom stereocenters. The van der Waals surface area contributed by atoms with Crippen molar-refractivity contribution >= 4 is 35.2 Å². The van der Waals surface area contributed by atoms with E-state index in [2.05, 4.69) is 5.32 Å². The van der Waals surface area contributed by atoms with Crippen LogP contribution >= 0.6 is 11.8 Å². The summed E-state index contributed by atoms with van der Waals surface area (Å²) in [5.74, 6) is -1.32. The number of amides is 2. The van der Waals surface area contributed by atoms with Gasteiger partial charge in [0.2, 0.25) is 11.8 Å². The van der Waals surface area contributed by atoms with Crippen LogP contribution in [0.15, 0.2) is 54.6 Å². The number of carbonyl (C=O) groups excluding carboxylic acids is 3. The van der Waals surface area contributed by atoms with Crippen LogP contribution in [-0.2, 0) is 32.1 Å². The molecule has 2 aromatic carbocycles. The Morgan fingerprint density at radius 3 is 2.52 bits per heavy atom. The van der Waals surface area contributed by atoms with Gasteiger partial charge >= 0.3 is 5.97 Å². The van der Waals surface area contributed by atoms with Crippen molar-refractivity contribution in [2.75, 3.05) is 5.75 Å². The first-order valence-electron chi connectivity index (χ1n) is 10.2. The summed E-state index contributed by atoms with van der Waals surface area (Å²) >= 11 is 1.29. The molecule has 0 aromatic heterocycles. The van der Waals surface area contributed by atoms with Gasteiger partial charge in [-0.05, 0) is 23.3 Å². The van der Waals surface area contributed by atoms with E-state index in [0.29, 0.717) is 5.56 Å². The number of nitro groups is 1. The topological polar surface area (TPSA) is 139 Å². The Balaban J connectivity index is 1.35. The van der Waals surface area contributed by atoms with Crippen LogP contribution in [0.3, 0.4) is 0 Å². The van der Waals surface area contributed by atoms with Crippen molar-refractivity contribution in [1.29, 1.82) is 0 Å². The minimum atomic E-state index is -1.18. The third-order valence-electron chi connectivity index (χ3n) is 5.48. The second-order valence-corrected chi connectivity index (χ2v) is 8.87. The number of aliphatic hydroxyl groups excluding tert-OH is 1. The van der Waals surface area contributed by atoms with Crippen LogP contribution in [0.25, 0.3) is 0 Å². The summed E-state index contributed by atoms with van der Waals surface area (Å²) < 4.78 is 5.28. The van der Waals surface area contributed by atoms with Crippen LogP contribution in [0.5, 0.6) is 0 Å². The number of fused-ring (bicyclic) bond motifs is 1. The number of thioether (sulfide) groups is 1. The van der Waals surface area contributed by atoms with Crippen molar-refractivity contribution in [2.24, 2.45) is 0 Å². The van der Waals surface area contributed by atoms with Gasteiger partial charge in [-0.2, -0.15) is 0 Å². The number of nitrogens with one attached hydrogen (secondary N) is 1. The summed E-state index contributed by atoms with van der Waals surface area (Å²) in [7, 11) is 0. The highest BCUT2D eigenvalue weighted by Gasteiger charge is 2.58. The highest BCUT2D eigenvalue weighted by atomic mass is 32.2. The molecule has 172 valence electrons. The van der Waals surface area contributed by atoms with E-state index in [0.717, 1.165) is 5.56 Å². The number of ether oxygens (including phenoxy) is 1. The van der Waals surface area contributed by atoms with Crippen molar-refractivity contribution in [1.82, 2.24) is 10.2 Å². The number of carbonyl (C=O) groups is 3. The molecule has 0 aliphatic carbocycles. The molecule has 2 aliphatic heterocycles. The lowest BCUT2D eigenvalue weighted by Gasteiger charge is -2.53. The molecule has 11 heteroatoms. The molecule has 2 amide bonds. The van der Waals surface area contributed by atoms with E-state index in [4.69, 9.17) is 4.74 Å². The first-order valence-corrected chi connectivity index (χ1v) is 11.2. The summed E-state index contributed by atoms with van der Waals surface area (Å²) in [5, 5.41) is 23.3. The molecule has 0 bridgehead atoms. The Morgan fingerprint density at radius 2 is 1.85 bits per heavy atom. The van der Waals surface area contributed by atoms with Gasteiger partial charge in [-0.15, -0.1) is 11.8 Å². The molecule has 2 saturated heterocycles.